The van der Waals surface area contributed by atoms with E-state index in [0.29, 0.717) is 12.1 Å². The molecule has 0 bridgehead atoms. The average molecular weight is 285 g/mol. The summed E-state index contributed by atoms with van der Waals surface area (Å²) in [7, 11) is 2.26. The van der Waals surface area contributed by atoms with Gasteiger partial charge in [0.15, 0.2) is 0 Å². The zero-order chi connectivity index (χ0) is 12.7. The fraction of sp³-hybridized carbons (Fsp3) is 0.714. The number of rotatable bonds is 5. The summed E-state index contributed by atoms with van der Waals surface area (Å²) in [6.45, 7) is 3.40. The Bertz CT molecular complexity index is 427. The van der Waals surface area contributed by atoms with Gasteiger partial charge in [0.25, 0.3) is 0 Å². The number of fused-ring (bicyclic) bond motifs is 1. The largest absolute Gasteiger partial charge is 0.308 e. The molecule has 2 aliphatic rings. The molecule has 18 heavy (non-hydrogen) atoms. The number of nitrogens with zero attached hydrogens (tertiary/aromatic N) is 1. The number of likely N-dealkylation sites (N-methyl/N-ethyl adjacent to an activating group) is 1. The lowest BCUT2D eigenvalue weighted by atomic mass is 10.1. The Kier molecular flexibility index (Phi) is 3.68. The van der Waals surface area contributed by atoms with Crippen molar-refractivity contribution in [2.24, 2.45) is 0 Å². The third-order valence-electron chi connectivity index (χ3n) is 4.32. The van der Waals surface area contributed by atoms with Crippen molar-refractivity contribution in [1.29, 1.82) is 0 Å². The fourth-order valence-electron chi connectivity index (χ4n) is 2.84. The van der Waals surface area contributed by atoms with Gasteiger partial charge in [0, 0.05) is 29.5 Å². The van der Waals surface area contributed by atoms with Crippen molar-refractivity contribution >= 4 is 22.9 Å². The van der Waals surface area contributed by atoms with Gasteiger partial charge in [-0.2, -0.15) is 0 Å². The standard InChI is InChI=1S/C14H21ClN2S/c1-9(17(2)10-3-4-10)8-16-12-5-6-13-11(12)7-14(15)18-13/h7,9-10,12,16H,3-6,8H2,1-2H3. The second-order valence-electron chi connectivity index (χ2n) is 5.67. The highest BCUT2D eigenvalue weighted by atomic mass is 35.5. The summed E-state index contributed by atoms with van der Waals surface area (Å²) in [6.07, 6.45) is 5.19. The van der Waals surface area contributed by atoms with E-state index in [2.05, 4.69) is 30.3 Å². The molecule has 4 heteroatoms. The lowest BCUT2D eigenvalue weighted by Gasteiger charge is -2.26. The Morgan fingerprint density at radius 1 is 1.50 bits per heavy atom. The van der Waals surface area contributed by atoms with Crippen molar-refractivity contribution in [2.75, 3.05) is 13.6 Å². The predicted molar refractivity (Wildman–Crippen MR) is 78.6 cm³/mol. The number of hydrogen-bond donors (Lipinski definition) is 1. The highest BCUT2D eigenvalue weighted by Crippen LogP contribution is 2.39. The van der Waals surface area contributed by atoms with Gasteiger partial charge in [0.05, 0.1) is 4.34 Å². The second kappa shape index (κ2) is 5.12. The Balaban J connectivity index is 1.54. The monoisotopic (exact) mass is 284 g/mol. The zero-order valence-electron chi connectivity index (χ0n) is 11.1. The molecule has 3 rings (SSSR count). The molecule has 2 unspecified atom stereocenters. The van der Waals surface area contributed by atoms with E-state index in [4.69, 9.17) is 11.6 Å². The Labute approximate surface area is 118 Å². The van der Waals surface area contributed by atoms with Crippen molar-refractivity contribution in [3.63, 3.8) is 0 Å². The number of halogens is 1. The SMILES string of the molecule is CC(CNC1CCc2sc(Cl)cc21)N(C)C1CC1. The molecule has 2 nitrogen and oxygen atoms in total. The molecule has 1 aromatic rings. The van der Waals surface area contributed by atoms with Crippen molar-refractivity contribution in [3.05, 3.63) is 20.8 Å². The summed E-state index contributed by atoms with van der Waals surface area (Å²) in [5, 5.41) is 3.72. The maximum Gasteiger partial charge on any atom is 0.0934 e. The van der Waals surface area contributed by atoms with Crippen LogP contribution in [0.25, 0.3) is 0 Å². The van der Waals surface area contributed by atoms with Gasteiger partial charge in [-0.05, 0) is 51.3 Å². The van der Waals surface area contributed by atoms with Crippen LogP contribution in [-0.4, -0.2) is 30.6 Å². The van der Waals surface area contributed by atoms with Crippen LogP contribution in [0.1, 0.15) is 42.7 Å². The minimum absolute atomic E-state index is 0.527. The number of thiophene rings is 1. The van der Waals surface area contributed by atoms with Gasteiger partial charge in [-0.3, -0.25) is 4.90 Å². The maximum atomic E-state index is 6.09. The van der Waals surface area contributed by atoms with Gasteiger partial charge in [0.1, 0.15) is 0 Å². The smallest absolute Gasteiger partial charge is 0.0934 e. The van der Waals surface area contributed by atoms with Crippen molar-refractivity contribution < 1.29 is 0 Å². The first-order valence-electron chi connectivity index (χ1n) is 6.88. The van der Waals surface area contributed by atoms with E-state index in [1.54, 1.807) is 11.3 Å². The zero-order valence-corrected chi connectivity index (χ0v) is 12.7. The molecule has 0 aromatic carbocycles. The van der Waals surface area contributed by atoms with Gasteiger partial charge in [0.2, 0.25) is 0 Å². The molecule has 1 N–H and O–H groups in total. The number of nitrogens with one attached hydrogen (secondary N) is 1. The summed E-state index contributed by atoms with van der Waals surface area (Å²) in [4.78, 5) is 4.00. The highest BCUT2D eigenvalue weighted by molar-refractivity contribution is 7.16. The van der Waals surface area contributed by atoms with Crippen LogP contribution in [0.3, 0.4) is 0 Å². The van der Waals surface area contributed by atoms with Gasteiger partial charge < -0.3 is 5.32 Å². The quantitative estimate of drug-likeness (QED) is 0.891. The lowest BCUT2D eigenvalue weighted by molar-refractivity contribution is 0.235. The molecule has 2 atom stereocenters. The van der Waals surface area contributed by atoms with Gasteiger partial charge in [-0.25, -0.2) is 0 Å². The van der Waals surface area contributed by atoms with Crippen molar-refractivity contribution in [1.82, 2.24) is 10.2 Å². The Morgan fingerprint density at radius 2 is 2.28 bits per heavy atom. The number of hydrogen-bond acceptors (Lipinski definition) is 3. The molecule has 2 aliphatic carbocycles. The molecule has 0 saturated heterocycles. The molecule has 0 aliphatic heterocycles. The molecule has 100 valence electrons. The predicted octanol–water partition coefficient (Wildman–Crippen LogP) is 3.46. The summed E-state index contributed by atoms with van der Waals surface area (Å²) in [5.74, 6) is 0. The molecule has 0 radical (unpaired) electrons. The number of aryl methyl sites for hydroxylation is 1. The minimum atomic E-state index is 0.527. The maximum absolute atomic E-state index is 6.09. The summed E-state index contributed by atoms with van der Waals surface area (Å²) in [6, 6.07) is 4.15. The van der Waals surface area contributed by atoms with Crippen molar-refractivity contribution in [3.8, 4) is 0 Å². The summed E-state index contributed by atoms with van der Waals surface area (Å²) >= 11 is 7.84. The van der Waals surface area contributed by atoms with Crippen molar-refractivity contribution in [2.45, 2.75) is 50.7 Å². The summed E-state index contributed by atoms with van der Waals surface area (Å²) in [5.41, 5.74) is 1.45. The van der Waals surface area contributed by atoms with Crippen LogP contribution in [0.4, 0.5) is 0 Å². The summed E-state index contributed by atoms with van der Waals surface area (Å²) < 4.78 is 0.939. The molecule has 0 amide bonds. The van der Waals surface area contributed by atoms with E-state index in [9.17, 15) is 0 Å². The Morgan fingerprint density at radius 3 is 3.00 bits per heavy atom. The van der Waals surface area contributed by atoms with E-state index in [1.165, 1.54) is 36.1 Å². The van der Waals surface area contributed by atoms with E-state index in [0.717, 1.165) is 16.9 Å². The van der Waals surface area contributed by atoms with E-state index >= 15 is 0 Å². The molecule has 1 fully saturated rings. The molecule has 0 spiro atoms. The van der Waals surface area contributed by atoms with Gasteiger partial charge in [-0.1, -0.05) is 11.6 Å². The lowest BCUT2D eigenvalue weighted by Crippen LogP contribution is -2.40. The third-order valence-corrected chi connectivity index (χ3v) is 5.66. The highest BCUT2D eigenvalue weighted by Gasteiger charge is 2.30. The van der Waals surface area contributed by atoms with Crippen LogP contribution in [0.15, 0.2) is 6.07 Å². The first-order chi connectivity index (χ1) is 8.65. The van der Waals surface area contributed by atoms with Crippen LogP contribution >= 0.6 is 22.9 Å². The normalized spacial score (nSPS) is 24.6. The van der Waals surface area contributed by atoms with Crippen LogP contribution < -0.4 is 5.32 Å². The molecule has 1 saturated carbocycles. The van der Waals surface area contributed by atoms with E-state index in [1.807, 2.05) is 0 Å². The van der Waals surface area contributed by atoms with Crippen LogP contribution in [0.5, 0.6) is 0 Å². The molecular weight excluding hydrogens is 264 g/mol. The van der Waals surface area contributed by atoms with Crippen LogP contribution in [0.2, 0.25) is 4.34 Å². The van der Waals surface area contributed by atoms with Gasteiger partial charge in [-0.15, -0.1) is 11.3 Å². The van der Waals surface area contributed by atoms with Gasteiger partial charge >= 0.3 is 0 Å². The average Bonchev–Trinajstić information content (AvgIpc) is 3.03. The first-order valence-corrected chi connectivity index (χ1v) is 8.08. The molecule has 1 aromatic heterocycles. The first kappa shape index (κ1) is 12.9. The van der Waals surface area contributed by atoms with E-state index in [-0.39, 0.29) is 0 Å². The second-order valence-corrected chi connectivity index (χ2v) is 7.44. The minimum Gasteiger partial charge on any atom is -0.308 e. The fourth-order valence-corrected chi connectivity index (χ4v) is 4.20. The molecule has 1 heterocycles. The molecular formula is C14H21ClN2S. The Hall–Kier alpha value is -0.0900. The van der Waals surface area contributed by atoms with Crippen LogP contribution in [0, 0.1) is 0 Å². The topological polar surface area (TPSA) is 15.3 Å². The van der Waals surface area contributed by atoms with Crippen LogP contribution in [-0.2, 0) is 6.42 Å². The third kappa shape index (κ3) is 2.60. The van der Waals surface area contributed by atoms with E-state index < -0.39 is 0 Å².